The molecule has 1 aliphatic heterocycles. The zero-order valence-electron chi connectivity index (χ0n) is 11.0. The molecule has 3 rings (SSSR count). The first-order valence-corrected chi connectivity index (χ1v) is 6.51. The molecule has 2 aromatic carbocycles. The summed E-state index contributed by atoms with van der Waals surface area (Å²) in [5, 5.41) is 8.10. The molecule has 0 saturated carbocycles. The first kappa shape index (κ1) is 12.4. The molecule has 0 aromatic heterocycles. The maximum absolute atomic E-state index is 5.80. The summed E-state index contributed by atoms with van der Waals surface area (Å²) in [4.78, 5) is 0. The topological polar surface area (TPSA) is 62.8 Å². The Labute approximate surface area is 118 Å². The van der Waals surface area contributed by atoms with E-state index in [1.165, 1.54) is 5.56 Å². The van der Waals surface area contributed by atoms with Gasteiger partial charge >= 0.3 is 0 Å². The van der Waals surface area contributed by atoms with Crippen LogP contribution >= 0.6 is 0 Å². The van der Waals surface area contributed by atoms with Gasteiger partial charge in [-0.1, -0.05) is 60.3 Å². The highest BCUT2D eigenvalue weighted by atomic mass is 15.5. The maximum atomic E-state index is 5.80. The summed E-state index contributed by atoms with van der Waals surface area (Å²) in [6.45, 7) is 3.79. The summed E-state index contributed by atoms with van der Waals surface area (Å²) in [6, 6.07) is 18.3. The van der Waals surface area contributed by atoms with Crippen LogP contribution in [0.4, 0.5) is 0 Å². The van der Waals surface area contributed by atoms with Crippen LogP contribution in [0.2, 0.25) is 0 Å². The fourth-order valence-electron chi connectivity index (χ4n) is 2.37. The SMILES string of the molecule is C=C(N)C1NN=NC1c1cccc(-c2ccccc2)c1. The van der Waals surface area contributed by atoms with Gasteiger partial charge in [-0.05, 0) is 22.8 Å². The molecule has 0 fully saturated rings. The van der Waals surface area contributed by atoms with Gasteiger partial charge in [-0.25, -0.2) is 0 Å². The van der Waals surface area contributed by atoms with Crippen LogP contribution in [0.25, 0.3) is 11.1 Å². The van der Waals surface area contributed by atoms with Crippen molar-refractivity contribution >= 4 is 0 Å². The Morgan fingerprint density at radius 1 is 1.05 bits per heavy atom. The highest BCUT2D eigenvalue weighted by Crippen LogP contribution is 2.30. The Morgan fingerprint density at radius 2 is 1.80 bits per heavy atom. The molecule has 0 spiro atoms. The van der Waals surface area contributed by atoms with Crippen LogP contribution in [0.1, 0.15) is 11.6 Å². The third-order valence-electron chi connectivity index (χ3n) is 3.43. The zero-order valence-corrected chi connectivity index (χ0v) is 11.0. The molecule has 4 heteroatoms. The van der Waals surface area contributed by atoms with Crippen molar-refractivity contribution in [1.29, 1.82) is 0 Å². The Balaban J connectivity index is 1.96. The van der Waals surface area contributed by atoms with Crippen molar-refractivity contribution in [3.8, 4) is 11.1 Å². The minimum absolute atomic E-state index is 0.115. The van der Waals surface area contributed by atoms with Gasteiger partial charge in [-0.2, -0.15) is 5.11 Å². The molecule has 2 atom stereocenters. The van der Waals surface area contributed by atoms with Crippen molar-refractivity contribution < 1.29 is 0 Å². The molecule has 0 radical (unpaired) electrons. The van der Waals surface area contributed by atoms with Crippen LogP contribution in [-0.2, 0) is 0 Å². The van der Waals surface area contributed by atoms with E-state index in [1.54, 1.807) is 0 Å². The third kappa shape index (κ3) is 2.28. The second kappa shape index (κ2) is 5.17. The molecular weight excluding hydrogens is 248 g/mol. The lowest BCUT2D eigenvalue weighted by Crippen LogP contribution is -2.30. The van der Waals surface area contributed by atoms with Gasteiger partial charge in [0, 0.05) is 5.70 Å². The molecule has 100 valence electrons. The van der Waals surface area contributed by atoms with Crippen molar-refractivity contribution in [2.75, 3.05) is 0 Å². The predicted molar refractivity (Wildman–Crippen MR) is 79.7 cm³/mol. The standard InChI is InChI=1S/C16H16N4/c1-11(17)15-16(19-20-18-15)14-9-5-8-13(10-14)12-6-3-2-4-7-12/h2-10,15-16H,1,17H2,(H,18,19). The fourth-order valence-corrected chi connectivity index (χ4v) is 2.37. The van der Waals surface area contributed by atoms with E-state index in [1.807, 2.05) is 30.3 Å². The van der Waals surface area contributed by atoms with E-state index in [0.29, 0.717) is 5.70 Å². The molecule has 3 N–H and O–H groups in total. The number of nitrogens with two attached hydrogens (primary N) is 1. The summed E-state index contributed by atoms with van der Waals surface area (Å²) in [6.07, 6.45) is 0. The number of rotatable bonds is 3. The van der Waals surface area contributed by atoms with Gasteiger partial charge in [0.05, 0.1) is 0 Å². The monoisotopic (exact) mass is 264 g/mol. The number of hydrogen-bond donors (Lipinski definition) is 2. The summed E-state index contributed by atoms with van der Waals surface area (Å²) < 4.78 is 0. The Hall–Kier alpha value is -2.62. The van der Waals surface area contributed by atoms with Gasteiger partial charge in [0.25, 0.3) is 0 Å². The van der Waals surface area contributed by atoms with Crippen LogP contribution in [-0.4, -0.2) is 6.04 Å². The quantitative estimate of drug-likeness (QED) is 0.894. The number of benzene rings is 2. The molecule has 0 bridgehead atoms. The first-order valence-electron chi connectivity index (χ1n) is 6.51. The molecule has 0 aliphatic carbocycles. The molecule has 0 amide bonds. The summed E-state index contributed by atoms with van der Waals surface area (Å²) in [5.41, 5.74) is 12.7. The highest BCUT2D eigenvalue weighted by molar-refractivity contribution is 5.64. The third-order valence-corrected chi connectivity index (χ3v) is 3.43. The lowest BCUT2D eigenvalue weighted by molar-refractivity contribution is 0.587. The van der Waals surface area contributed by atoms with E-state index in [-0.39, 0.29) is 12.1 Å². The van der Waals surface area contributed by atoms with Gasteiger partial charge in [0.2, 0.25) is 0 Å². The van der Waals surface area contributed by atoms with Crippen molar-refractivity contribution in [2.24, 2.45) is 16.1 Å². The largest absolute Gasteiger partial charge is 0.401 e. The van der Waals surface area contributed by atoms with E-state index >= 15 is 0 Å². The van der Waals surface area contributed by atoms with Crippen LogP contribution < -0.4 is 11.2 Å². The average Bonchev–Trinajstić information content (AvgIpc) is 2.98. The second-order valence-electron chi connectivity index (χ2n) is 4.83. The minimum Gasteiger partial charge on any atom is -0.401 e. The lowest BCUT2D eigenvalue weighted by atomic mass is 9.95. The van der Waals surface area contributed by atoms with E-state index in [9.17, 15) is 0 Å². The maximum Gasteiger partial charge on any atom is 0.125 e. The van der Waals surface area contributed by atoms with E-state index in [0.717, 1.165) is 11.1 Å². The van der Waals surface area contributed by atoms with E-state index in [4.69, 9.17) is 5.73 Å². The molecule has 4 nitrogen and oxygen atoms in total. The van der Waals surface area contributed by atoms with Gasteiger partial charge in [0.15, 0.2) is 0 Å². The van der Waals surface area contributed by atoms with Gasteiger partial charge in [-0.15, -0.1) is 0 Å². The van der Waals surface area contributed by atoms with Crippen LogP contribution in [0.5, 0.6) is 0 Å². The normalized spacial score (nSPS) is 20.6. The molecule has 0 saturated heterocycles. The Morgan fingerprint density at radius 3 is 2.55 bits per heavy atom. The first-order chi connectivity index (χ1) is 9.75. The van der Waals surface area contributed by atoms with E-state index in [2.05, 4.69) is 46.6 Å². The van der Waals surface area contributed by atoms with Crippen molar-refractivity contribution in [3.05, 3.63) is 72.4 Å². The second-order valence-corrected chi connectivity index (χ2v) is 4.83. The van der Waals surface area contributed by atoms with Crippen molar-refractivity contribution in [2.45, 2.75) is 12.1 Å². The van der Waals surface area contributed by atoms with Gasteiger partial charge < -0.3 is 5.73 Å². The Kier molecular flexibility index (Phi) is 3.21. The predicted octanol–water partition coefficient (Wildman–Crippen LogP) is 3.21. The van der Waals surface area contributed by atoms with Gasteiger partial charge in [-0.3, -0.25) is 5.43 Å². The van der Waals surface area contributed by atoms with Crippen molar-refractivity contribution in [3.63, 3.8) is 0 Å². The Bertz CT molecular complexity index is 649. The van der Waals surface area contributed by atoms with Crippen molar-refractivity contribution in [1.82, 2.24) is 5.43 Å². The molecule has 20 heavy (non-hydrogen) atoms. The molecule has 1 heterocycles. The number of hydrogen-bond acceptors (Lipinski definition) is 4. The summed E-state index contributed by atoms with van der Waals surface area (Å²) in [7, 11) is 0. The summed E-state index contributed by atoms with van der Waals surface area (Å²) in [5.74, 6) is 0. The zero-order chi connectivity index (χ0) is 13.9. The fraction of sp³-hybridized carbons (Fsp3) is 0.125. The van der Waals surface area contributed by atoms with Crippen LogP contribution in [0.3, 0.4) is 0 Å². The van der Waals surface area contributed by atoms with E-state index < -0.39 is 0 Å². The van der Waals surface area contributed by atoms with Gasteiger partial charge in [0.1, 0.15) is 12.1 Å². The smallest absolute Gasteiger partial charge is 0.125 e. The average molecular weight is 264 g/mol. The molecule has 2 unspecified atom stereocenters. The minimum atomic E-state index is -0.138. The lowest BCUT2D eigenvalue weighted by Gasteiger charge is -2.17. The highest BCUT2D eigenvalue weighted by Gasteiger charge is 2.28. The van der Waals surface area contributed by atoms with Crippen LogP contribution in [0, 0.1) is 0 Å². The number of nitrogens with one attached hydrogen (secondary N) is 1. The van der Waals surface area contributed by atoms with Crippen LogP contribution in [0.15, 0.2) is 77.2 Å². The summed E-state index contributed by atoms with van der Waals surface area (Å²) >= 11 is 0. The number of nitrogens with zero attached hydrogens (tertiary/aromatic N) is 2. The molecule has 1 aliphatic rings. The molecule has 2 aromatic rings. The molecular formula is C16H16N4.